The van der Waals surface area contributed by atoms with E-state index in [0.29, 0.717) is 0 Å². The highest BCUT2D eigenvalue weighted by molar-refractivity contribution is 9.10. The molecule has 0 radical (unpaired) electrons. The van der Waals surface area contributed by atoms with Gasteiger partial charge < -0.3 is 9.97 Å². The van der Waals surface area contributed by atoms with Gasteiger partial charge >= 0.3 is 0 Å². The summed E-state index contributed by atoms with van der Waals surface area (Å²) in [5.41, 5.74) is 5.47. The van der Waals surface area contributed by atoms with E-state index in [-0.39, 0.29) is 0 Å². The van der Waals surface area contributed by atoms with E-state index in [1.54, 1.807) is 0 Å². The number of hydrogen-bond donors (Lipinski definition) is 2. The zero-order valence-corrected chi connectivity index (χ0v) is 12.7. The van der Waals surface area contributed by atoms with Gasteiger partial charge in [0.1, 0.15) is 5.65 Å². The van der Waals surface area contributed by atoms with Crippen molar-refractivity contribution in [1.29, 1.82) is 0 Å². The summed E-state index contributed by atoms with van der Waals surface area (Å²) in [5.74, 6) is 0. The van der Waals surface area contributed by atoms with Gasteiger partial charge in [0, 0.05) is 39.6 Å². The third kappa shape index (κ3) is 2.08. The molecule has 0 aliphatic heterocycles. The minimum atomic E-state index is 0.897. The first kappa shape index (κ1) is 12.4. The molecule has 0 fully saturated rings. The highest BCUT2D eigenvalue weighted by Crippen LogP contribution is 2.38. The van der Waals surface area contributed by atoms with Gasteiger partial charge in [-0.3, -0.25) is 0 Å². The summed E-state index contributed by atoms with van der Waals surface area (Å²) < 4.78 is 0.979. The van der Waals surface area contributed by atoms with Crippen molar-refractivity contribution in [1.82, 2.24) is 15.0 Å². The van der Waals surface area contributed by atoms with E-state index in [9.17, 15) is 0 Å². The summed E-state index contributed by atoms with van der Waals surface area (Å²) >= 11 is 3.51. The number of pyridine rings is 1. The van der Waals surface area contributed by atoms with Crippen LogP contribution in [0.4, 0.5) is 0 Å². The van der Waals surface area contributed by atoms with Gasteiger partial charge in [0.05, 0.1) is 5.69 Å². The van der Waals surface area contributed by atoms with Crippen molar-refractivity contribution in [2.45, 2.75) is 0 Å². The van der Waals surface area contributed by atoms with Crippen LogP contribution in [0, 0.1) is 0 Å². The van der Waals surface area contributed by atoms with Crippen LogP contribution in [-0.2, 0) is 0 Å². The molecule has 3 aromatic heterocycles. The number of H-pyrrole nitrogens is 2. The van der Waals surface area contributed by atoms with E-state index in [1.807, 2.05) is 24.7 Å². The third-order valence-electron chi connectivity index (χ3n) is 3.57. The minimum Gasteiger partial charge on any atom is -0.367 e. The Balaban J connectivity index is 2.09. The molecule has 3 nitrogen and oxygen atoms in total. The highest BCUT2D eigenvalue weighted by atomic mass is 79.9. The lowest BCUT2D eigenvalue weighted by Gasteiger charge is -2.03. The van der Waals surface area contributed by atoms with Crippen LogP contribution >= 0.6 is 15.9 Å². The van der Waals surface area contributed by atoms with Crippen molar-refractivity contribution in [3.63, 3.8) is 0 Å². The maximum Gasteiger partial charge on any atom is 0.138 e. The first-order valence-corrected chi connectivity index (χ1v) is 7.48. The van der Waals surface area contributed by atoms with Crippen molar-refractivity contribution in [2.24, 2.45) is 0 Å². The number of rotatable bonds is 2. The smallest absolute Gasteiger partial charge is 0.138 e. The zero-order valence-electron chi connectivity index (χ0n) is 11.1. The van der Waals surface area contributed by atoms with Gasteiger partial charge in [-0.15, -0.1) is 0 Å². The van der Waals surface area contributed by atoms with Crippen LogP contribution in [0.1, 0.15) is 0 Å². The Bertz CT molecular complexity index is 893. The predicted octanol–water partition coefficient (Wildman–Crippen LogP) is 4.99. The van der Waals surface area contributed by atoms with Crippen molar-refractivity contribution in [2.75, 3.05) is 0 Å². The van der Waals surface area contributed by atoms with E-state index in [4.69, 9.17) is 0 Å². The maximum absolute atomic E-state index is 4.48. The number of nitrogens with zero attached hydrogens (tertiary/aromatic N) is 1. The molecular weight excluding hydrogens is 326 g/mol. The van der Waals surface area contributed by atoms with Gasteiger partial charge in [-0.1, -0.05) is 30.3 Å². The molecule has 21 heavy (non-hydrogen) atoms. The van der Waals surface area contributed by atoms with Crippen molar-refractivity contribution in [3.8, 4) is 22.4 Å². The Hall–Kier alpha value is -2.33. The Morgan fingerprint density at radius 3 is 2.62 bits per heavy atom. The SMILES string of the molecule is Brc1cnc2[nH]c(-c3cc[nH]c3)c(-c3ccccc3)c2c1. The van der Waals surface area contributed by atoms with Crippen LogP contribution in [0.5, 0.6) is 0 Å². The Morgan fingerprint density at radius 2 is 1.86 bits per heavy atom. The van der Waals surface area contributed by atoms with Crippen LogP contribution in [0.15, 0.2) is 65.5 Å². The van der Waals surface area contributed by atoms with Crippen molar-refractivity contribution < 1.29 is 0 Å². The monoisotopic (exact) mass is 337 g/mol. The average molecular weight is 338 g/mol. The van der Waals surface area contributed by atoms with Gasteiger partial charge in [0.25, 0.3) is 0 Å². The zero-order chi connectivity index (χ0) is 14.2. The van der Waals surface area contributed by atoms with Gasteiger partial charge in [-0.25, -0.2) is 4.98 Å². The lowest BCUT2D eigenvalue weighted by Crippen LogP contribution is -1.80. The van der Waals surface area contributed by atoms with Crippen LogP contribution in [0.3, 0.4) is 0 Å². The molecule has 0 bridgehead atoms. The van der Waals surface area contributed by atoms with E-state index < -0.39 is 0 Å². The molecule has 3 heterocycles. The first-order chi connectivity index (χ1) is 10.3. The summed E-state index contributed by atoms with van der Waals surface area (Å²) in [5, 5.41) is 1.12. The van der Waals surface area contributed by atoms with Crippen LogP contribution < -0.4 is 0 Å². The van der Waals surface area contributed by atoms with Crippen LogP contribution in [-0.4, -0.2) is 15.0 Å². The topological polar surface area (TPSA) is 44.5 Å². The van der Waals surface area contributed by atoms with Crippen LogP contribution in [0.2, 0.25) is 0 Å². The van der Waals surface area contributed by atoms with E-state index >= 15 is 0 Å². The standard InChI is InChI=1S/C17H12BrN3/c18-13-8-14-15(11-4-2-1-3-5-11)16(12-6-7-19-9-12)21-17(14)20-10-13/h1-10,19H,(H,20,21). The second kappa shape index (κ2) is 4.90. The van der Waals surface area contributed by atoms with E-state index in [1.165, 1.54) is 11.1 Å². The fraction of sp³-hybridized carbons (Fsp3) is 0. The van der Waals surface area contributed by atoms with E-state index in [0.717, 1.165) is 26.8 Å². The molecule has 102 valence electrons. The molecule has 0 unspecified atom stereocenters. The van der Waals surface area contributed by atoms with Crippen molar-refractivity contribution in [3.05, 3.63) is 65.5 Å². The number of nitrogens with one attached hydrogen (secondary N) is 2. The Kier molecular flexibility index (Phi) is 2.89. The molecule has 0 atom stereocenters. The number of benzene rings is 1. The summed E-state index contributed by atoms with van der Waals surface area (Å²) in [6.07, 6.45) is 5.74. The second-order valence-electron chi connectivity index (χ2n) is 4.89. The molecule has 0 saturated heterocycles. The predicted molar refractivity (Wildman–Crippen MR) is 89.0 cm³/mol. The molecule has 0 amide bonds. The van der Waals surface area contributed by atoms with Gasteiger partial charge in [-0.05, 0) is 33.6 Å². The molecule has 4 aromatic rings. The van der Waals surface area contributed by atoms with Crippen LogP contribution in [0.25, 0.3) is 33.4 Å². The minimum absolute atomic E-state index is 0.897. The van der Waals surface area contributed by atoms with Crippen molar-refractivity contribution >= 4 is 27.0 Å². The molecule has 0 aliphatic carbocycles. The number of halogens is 1. The Morgan fingerprint density at radius 1 is 1.00 bits per heavy atom. The lowest BCUT2D eigenvalue weighted by molar-refractivity contribution is 1.31. The molecule has 0 spiro atoms. The van der Waals surface area contributed by atoms with Gasteiger partial charge in [0.2, 0.25) is 0 Å². The number of aromatic nitrogens is 3. The third-order valence-corrected chi connectivity index (χ3v) is 4.00. The molecule has 0 aliphatic rings. The fourth-order valence-electron chi connectivity index (χ4n) is 2.65. The van der Waals surface area contributed by atoms with E-state index in [2.05, 4.69) is 67.3 Å². The number of aromatic amines is 2. The molecule has 2 N–H and O–H groups in total. The number of fused-ring (bicyclic) bond motifs is 1. The molecule has 4 heteroatoms. The maximum atomic E-state index is 4.48. The molecule has 0 saturated carbocycles. The summed E-state index contributed by atoms with van der Waals surface area (Å²) in [4.78, 5) is 11.0. The number of hydrogen-bond acceptors (Lipinski definition) is 1. The largest absolute Gasteiger partial charge is 0.367 e. The van der Waals surface area contributed by atoms with Gasteiger partial charge in [0.15, 0.2) is 0 Å². The molecule has 4 rings (SSSR count). The summed E-state index contributed by atoms with van der Waals surface area (Å²) in [6.45, 7) is 0. The fourth-order valence-corrected chi connectivity index (χ4v) is 2.98. The highest BCUT2D eigenvalue weighted by Gasteiger charge is 2.16. The van der Waals surface area contributed by atoms with Gasteiger partial charge in [-0.2, -0.15) is 0 Å². The second-order valence-corrected chi connectivity index (χ2v) is 5.81. The lowest BCUT2D eigenvalue weighted by atomic mass is 10.0. The quantitative estimate of drug-likeness (QED) is 0.531. The summed E-state index contributed by atoms with van der Waals surface area (Å²) in [7, 11) is 0. The summed E-state index contributed by atoms with van der Waals surface area (Å²) in [6, 6.07) is 14.6. The first-order valence-electron chi connectivity index (χ1n) is 6.69. The molecule has 1 aromatic carbocycles. The Labute approximate surface area is 130 Å². The average Bonchev–Trinajstić information content (AvgIpc) is 3.14. The molecular formula is C17H12BrN3. The normalized spacial score (nSPS) is 11.1.